The summed E-state index contributed by atoms with van der Waals surface area (Å²) >= 11 is 6.23. The Morgan fingerprint density at radius 3 is 3.04 bits per heavy atom. The Morgan fingerprint density at radius 2 is 2.33 bits per heavy atom. The highest BCUT2D eigenvalue weighted by molar-refractivity contribution is 6.32. The number of amides is 1. The quantitative estimate of drug-likeness (QED) is 0.839. The molecule has 1 unspecified atom stereocenters. The third-order valence-corrected chi connectivity index (χ3v) is 5.32. The van der Waals surface area contributed by atoms with E-state index in [1.807, 2.05) is 12.1 Å². The van der Waals surface area contributed by atoms with Gasteiger partial charge in [-0.3, -0.25) is 4.79 Å². The van der Waals surface area contributed by atoms with Crippen molar-refractivity contribution in [3.8, 4) is 0 Å². The van der Waals surface area contributed by atoms with Crippen LogP contribution >= 0.6 is 11.6 Å². The molecule has 0 aliphatic carbocycles. The fourth-order valence-electron chi connectivity index (χ4n) is 3.64. The fraction of sp³-hybridized carbons (Fsp3) is 0.647. The highest BCUT2D eigenvalue weighted by Gasteiger charge is 2.41. The minimum atomic E-state index is -0.407. The molecule has 1 atom stereocenters. The van der Waals surface area contributed by atoms with Crippen LogP contribution in [0.2, 0.25) is 5.02 Å². The zero-order valence-corrected chi connectivity index (χ0v) is 14.8. The van der Waals surface area contributed by atoms with E-state index in [0.717, 1.165) is 51.3 Å². The Morgan fingerprint density at radius 1 is 1.54 bits per heavy atom. The van der Waals surface area contributed by atoms with Gasteiger partial charge in [0.05, 0.1) is 17.0 Å². The van der Waals surface area contributed by atoms with Crippen molar-refractivity contribution in [1.29, 1.82) is 0 Å². The van der Waals surface area contributed by atoms with Gasteiger partial charge in [0.15, 0.2) is 0 Å². The van der Waals surface area contributed by atoms with E-state index >= 15 is 0 Å². The standard InChI is InChI=1S/C17H25ClN4O2/c1-24-12-17(5-8-19-9-6-17)16(23)21-13-4-10-22(11-13)15-14(18)3-2-7-20-15/h2-3,7,13,19H,4-6,8-12H2,1H3,(H,21,23). The van der Waals surface area contributed by atoms with Crippen LogP contribution in [0.5, 0.6) is 0 Å². The van der Waals surface area contributed by atoms with Crippen molar-refractivity contribution in [3.63, 3.8) is 0 Å². The molecule has 1 aromatic rings. The summed E-state index contributed by atoms with van der Waals surface area (Å²) in [5, 5.41) is 7.20. The number of ether oxygens (including phenoxy) is 1. The van der Waals surface area contributed by atoms with Gasteiger partial charge in [-0.25, -0.2) is 4.98 Å². The summed E-state index contributed by atoms with van der Waals surface area (Å²) in [6, 6.07) is 3.80. The lowest BCUT2D eigenvalue weighted by Crippen LogP contribution is -2.52. The van der Waals surface area contributed by atoms with Gasteiger partial charge in [0.2, 0.25) is 5.91 Å². The van der Waals surface area contributed by atoms with Crippen LogP contribution in [0.3, 0.4) is 0 Å². The van der Waals surface area contributed by atoms with Crippen LogP contribution in [-0.2, 0) is 9.53 Å². The van der Waals surface area contributed by atoms with Gasteiger partial charge in [-0.1, -0.05) is 11.6 Å². The van der Waals surface area contributed by atoms with Crippen molar-refractivity contribution in [1.82, 2.24) is 15.6 Å². The summed E-state index contributed by atoms with van der Waals surface area (Å²) in [5.41, 5.74) is -0.407. The van der Waals surface area contributed by atoms with Gasteiger partial charge >= 0.3 is 0 Å². The molecule has 0 bridgehead atoms. The molecule has 1 amide bonds. The normalized spacial score (nSPS) is 23.2. The smallest absolute Gasteiger partial charge is 0.228 e. The number of rotatable bonds is 5. The number of methoxy groups -OCH3 is 1. The summed E-state index contributed by atoms with van der Waals surface area (Å²) in [7, 11) is 1.66. The van der Waals surface area contributed by atoms with Crippen LogP contribution in [0.4, 0.5) is 5.82 Å². The van der Waals surface area contributed by atoms with Gasteiger partial charge in [-0.15, -0.1) is 0 Å². The summed E-state index contributed by atoms with van der Waals surface area (Å²) in [6.07, 6.45) is 4.28. The van der Waals surface area contributed by atoms with Gasteiger partial charge in [-0.2, -0.15) is 0 Å². The molecule has 132 valence electrons. The molecular formula is C17H25ClN4O2. The zero-order valence-electron chi connectivity index (χ0n) is 14.1. The fourth-order valence-corrected chi connectivity index (χ4v) is 3.88. The third-order valence-electron chi connectivity index (χ3n) is 5.03. The van der Waals surface area contributed by atoms with Crippen LogP contribution in [0, 0.1) is 5.41 Å². The molecule has 0 saturated carbocycles. The summed E-state index contributed by atoms with van der Waals surface area (Å²) < 4.78 is 5.35. The van der Waals surface area contributed by atoms with E-state index in [9.17, 15) is 4.79 Å². The molecular weight excluding hydrogens is 328 g/mol. The molecule has 2 N–H and O–H groups in total. The van der Waals surface area contributed by atoms with Crippen LogP contribution in [0.1, 0.15) is 19.3 Å². The Bertz CT molecular complexity index is 572. The Balaban J connectivity index is 1.62. The lowest BCUT2D eigenvalue weighted by molar-refractivity contribution is -0.136. The average Bonchev–Trinajstić information content (AvgIpc) is 3.04. The minimum Gasteiger partial charge on any atom is -0.384 e. The van der Waals surface area contributed by atoms with E-state index in [1.54, 1.807) is 13.3 Å². The molecule has 0 spiro atoms. The van der Waals surface area contributed by atoms with Crippen LogP contribution < -0.4 is 15.5 Å². The lowest BCUT2D eigenvalue weighted by Gasteiger charge is -2.36. The summed E-state index contributed by atoms with van der Waals surface area (Å²) in [5.74, 6) is 0.911. The van der Waals surface area contributed by atoms with E-state index in [0.29, 0.717) is 11.6 Å². The van der Waals surface area contributed by atoms with Gasteiger partial charge < -0.3 is 20.3 Å². The van der Waals surface area contributed by atoms with E-state index in [4.69, 9.17) is 16.3 Å². The third kappa shape index (κ3) is 3.66. The molecule has 3 heterocycles. The highest BCUT2D eigenvalue weighted by atomic mass is 35.5. The van der Waals surface area contributed by atoms with Crippen LogP contribution in [0.25, 0.3) is 0 Å². The number of carbonyl (C=O) groups is 1. The monoisotopic (exact) mass is 352 g/mol. The van der Waals surface area contributed by atoms with Crippen molar-refractivity contribution in [3.05, 3.63) is 23.4 Å². The second-order valence-corrected chi connectivity index (χ2v) is 7.08. The average molecular weight is 353 g/mol. The highest BCUT2D eigenvalue weighted by Crippen LogP contribution is 2.31. The summed E-state index contributed by atoms with van der Waals surface area (Å²) in [6.45, 7) is 3.78. The molecule has 7 heteroatoms. The number of hydrogen-bond donors (Lipinski definition) is 2. The molecule has 2 saturated heterocycles. The van der Waals surface area contributed by atoms with Crippen molar-refractivity contribution < 1.29 is 9.53 Å². The first kappa shape index (κ1) is 17.5. The molecule has 3 rings (SSSR count). The van der Waals surface area contributed by atoms with E-state index in [-0.39, 0.29) is 11.9 Å². The second kappa shape index (κ2) is 7.68. The minimum absolute atomic E-state index is 0.116. The Kier molecular flexibility index (Phi) is 5.58. The number of carbonyl (C=O) groups excluding carboxylic acids is 1. The molecule has 24 heavy (non-hydrogen) atoms. The first-order valence-corrected chi connectivity index (χ1v) is 8.88. The number of anilines is 1. The number of halogens is 1. The molecule has 6 nitrogen and oxygen atoms in total. The summed E-state index contributed by atoms with van der Waals surface area (Å²) in [4.78, 5) is 19.4. The molecule has 0 radical (unpaired) electrons. The van der Waals surface area contributed by atoms with E-state index < -0.39 is 5.41 Å². The molecule has 2 aliphatic rings. The predicted molar refractivity (Wildman–Crippen MR) is 94.4 cm³/mol. The van der Waals surface area contributed by atoms with Crippen LogP contribution in [-0.4, -0.2) is 56.8 Å². The number of aromatic nitrogens is 1. The lowest BCUT2D eigenvalue weighted by atomic mass is 9.78. The van der Waals surface area contributed by atoms with E-state index in [1.165, 1.54) is 0 Å². The number of hydrogen-bond acceptors (Lipinski definition) is 5. The first-order valence-electron chi connectivity index (χ1n) is 8.51. The number of nitrogens with zero attached hydrogens (tertiary/aromatic N) is 2. The van der Waals surface area contributed by atoms with Gasteiger partial charge in [0.1, 0.15) is 5.82 Å². The van der Waals surface area contributed by atoms with Crippen molar-refractivity contribution >= 4 is 23.3 Å². The predicted octanol–water partition coefficient (Wildman–Crippen LogP) is 1.45. The van der Waals surface area contributed by atoms with Gasteiger partial charge in [0.25, 0.3) is 0 Å². The van der Waals surface area contributed by atoms with Gasteiger partial charge in [0, 0.05) is 32.4 Å². The first-order chi connectivity index (χ1) is 11.6. The van der Waals surface area contributed by atoms with Crippen molar-refractivity contribution in [2.75, 3.05) is 44.8 Å². The maximum absolute atomic E-state index is 12.9. The number of piperidine rings is 1. The van der Waals surface area contributed by atoms with Crippen molar-refractivity contribution in [2.24, 2.45) is 5.41 Å². The molecule has 0 aromatic carbocycles. The largest absolute Gasteiger partial charge is 0.384 e. The zero-order chi connectivity index (χ0) is 17.0. The molecule has 2 fully saturated rings. The molecule has 1 aromatic heterocycles. The number of nitrogens with one attached hydrogen (secondary N) is 2. The molecule has 2 aliphatic heterocycles. The van der Waals surface area contributed by atoms with Crippen LogP contribution in [0.15, 0.2) is 18.3 Å². The Hall–Kier alpha value is -1.37. The maximum Gasteiger partial charge on any atom is 0.228 e. The Labute approximate surface area is 147 Å². The van der Waals surface area contributed by atoms with Gasteiger partial charge in [-0.05, 0) is 44.5 Å². The maximum atomic E-state index is 12.9. The van der Waals surface area contributed by atoms with E-state index in [2.05, 4.69) is 20.5 Å². The SMILES string of the molecule is COCC1(C(=O)NC2CCN(c3ncccc3Cl)C2)CCNCC1. The van der Waals surface area contributed by atoms with Crippen molar-refractivity contribution in [2.45, 2.75) is 25.3 Å². The second-order valence-electron chi connectivity index (χ2n) is 6.68. The topological polar surface area (TPSA) is 66.5 Å². The number of pyridine rings is 1.